The Hall–Kier alpha value is -4.60. The molecule has 0 fully saturated rings. The number of carbonyl (C=O) groups excluding carboxylic acids is 3. The molecule has 2 aromatic heterocycles. The molecular formula is C31H35F4N5O6S. The number of aromatic nitrogens is 2. The number of rotatable bonds is 5. The summed E-state index contributed by atoms with van der Waals surface area (Å²) in [6, 6.07) is 7.93. The number of nitrogens with one attached hydrogen (secondary N) is 1. The topological polar surface area (TPSA) is 141 Å². The van der Waals surface area contributed by atoms with Crippen LogP contribution in [0.4, 0.5) is 32.8 Å². The number of amides is 3. The average molecular weight is 682 g/mol. The number of pyridine rings is 2. The van der Waals surface area contributed by atoms with E-state index in [0.29, 0.717) is 6.20 Å². The number of ether oxygens (including phenoxy) is 3. The van der Waals surface area contributed by atoms with E-state index in [9.17, 15) is 31.9 Å². The Balaban J connectivity index is 2.13. The molecule has 0 aliphatic carbocycles. The first kappa shape index (κ1) is 36.9. The summed E-state index contributed by atoms with van der Waals surface area (Å²) in [6.07, 6.45) is -4.91. The lowest BCUT2D eigenvalue weighted by Gasteiger charge is -2.20. The summed E-state index contributed by atoms with van der Waals surface area (Å²) >= 11 is 0. The zero-order chi connectivity index (χ0) is 35.5. The molecule has 1 N–H and O–H groups in total. The normalized spacial score (nSPS) is 12.2. The van der Waals surface area contributed by atoms with Crippen molar-refractivity contribution in [2.75, 3.05) is 11.6 Å². The maximum absolute atomic E-state index is 13.8. The minimum Gasteiger partial charge on any atom is -0.442 e. The van der Waals surface area contributed by atoms with Gasteiger partial charge in [-0.25, -0.2) is 19.6 Å². The Morgan fingerprint density at radius 2 is 1.47 bits per heavy atom. The van der Waals surface area contributed by atoms with Gasteiger partial charge in [-0.2, -0.15) is 17.6 Å². The second-order valence-electron chi connectivity index (χ2n) is 12.3. The second kappa shape index (κ2) is 13.6. The molecular weight excluding hydrogens is 646 g/mol. The third-order valence-corrected chi connectivity index (χ3v) is 8.03. The van der Waals surface area contributed by atoms with Gasteiger partial charge in [-0.1, -0.05) is 6.07 Å². The molecule has 3 aromatic rings. The zero-order valence-electron chi connectivity index (χ0n) is 27.2. The fraction of sp³-hybridized carbons (Fsp3) is 0.387. The molecule has 0 saturated heterocycles. The maximum Gasteiger partial charge on any atom is 0.441 e. The quantitative estimate of drug-likeness (QED) is 0.208. The van der Waals surface area contributed by atoms with Gasteiger partial charge in [-0.05, 0) is 101 Å². The molecule has 0 unspecified atom stereocenters. The molecule has 0 spiro atoms. The molecule has 0 atom stereocenters. The number of nitrogens with zero attached hydrogens (tertiary/aromatic N) is 4. The molecule has 16 heteroatoms. The first-order valence-corrected chi connectivity index (χ1v) is 15.9. The van der Waals surface area contributed by atoms with Crippen LogP contribution in [0.1, 0.15) is 68.7 Å². The van der Waals surface area contributed by atoms with E-state index in [2.05, 4.69) is 24.0 Å². The van der Waals surface area contributed by atoms with Crippen molar-refractivity contribution in [3.05, 3.63) is 70.9 Å². The van der Waals surface area contributed by atoms with Crippen LogP contribution in [-0.4, -0.2) is 45.5 Å². The Kier molecular flexibility index (Phi) is 10.7. The monoisotopic (exact) mass is 681 g/mol. The minimum absolute atomic E-state index is 0.0408. The largest absolute Gasteiger partial charge is 0.442 e. The predicted octanol–water partition coefficient (Wildman–Crippen LogP) is 8.68. The third kappa shape index (κ3) is 10.2. The van der Waals surface area contributed by atoms with Crippen molar-refractivity contribution in [1.29, 1.82) is 0 Å². The maximum atomic E-state index is 13.8. The van der Waals surface area contributed by atoms with Gasteiger partial charge in [-0.15, -0.1) is 8.73 Å². The predicted molar refractivity (Wildman–Crippen MR) is 166 cm³/mol. The highest BCUT2D eigenvalue weighted by Crippen LogP contribution is 2.37. The average Bonchev–Trinajstić information content (AvgIpc) is 2.87. The van der Waals surface area contributed by atoms with Crippen molar-refractivity contribution >= 4 is 33.4 Å². The lowest BCUT2D eigenvalue weighted by atomic mass is 10.0. The van der Waals surface area contributed by atoms with Crippen LogP contribution in [0, 0.1) is 19.8 Å². The Morgan fingerprint density at radius 1 is 0.894 bits per heavy atom. The molecule has 2 heterocycles. The van der Waals surface area contributed by atoms with Gasteiger partial charge < -0.3 is 19.5 Å². The molecule has 11 nitrogen and oxygen atoms in total. The van der Waals surface area contributed by atoms with Crippen LogP contribution in [0.3, 0.4) is 0 Å². The summed E-state index contributed by atoms with van der Waals surface area (Å²) in [5, 5.41) is 2.52. The summed E-state index contributed by atoms with van der Waals surface area (Å²) in [5.74, 6) is -2.38. The molecule has 3 amide bonds. The standard InChI is InChI=1S/C31H35F4N5O6S/c1-17-21(31(33,34)35)16-36-26(44-22-13-14-23(32)37-18(22)2)24(17)25(41)38-19-11-10-12-20(15-19)47(9,39-27(42)45-29(3,4)5)40-28(43)46-30(6,7)8/h10-16H,1-9H3,(H,38,41). The van der Waals surface area contributed by atoms with Gasteiger partial charge in [0, 0.05) is 23.0 Å². The highest BCUT2D eigenvalue weighted by atomic mass is 32.2. The number of halogens is 4. The van der Waals surface area contributed by atoms with E-state index in [0.717, 1.165) is 13.0 Å². The summed E-state index contributed by atoms with van der Waals surface area (Å²) in [4.78, 5) is 46.7. The van der Waals surface area contributed by atoms with Crippen LogP contribution >= 0.6 is 0 Å². The first-order chi connectivity index (χ1) is 21.5. The molecule has 47 heavy (non-hydrogen) atoms. The zero-order valence-corrected chi connectivity index (χ0v) is 28.0. The van der Waals surface area contributed by atoms with E-state index in [-0.39, 0.29) is 22.0 Å². The van der Waals surface area contributed by atoms with Crippen LogP contribution in [0.15, 0.2) is 56.2 Å². The van der Waals surface area contributed by atoms with Crippen molar-refractivity contribution in [2.24, 2.45) is 8.73 Å². The Labute approximate surface area is 269 Å². The lowest BCUT2D eigenvalue weighted by Crippen LogP contribution is -2.24. The lowest BCUT2D eigenvalue weighted by molar-refractivity contribution is -0.138. The van der Waals surface area contributed by atoms with Gasteiger partial charge >= 0.3 is 18.4 Å². The van der Waals surface area contributed by atoms with Crippen LogP contribution in [0.2, 0.25) is 0 Å². The minimum atomic E-state index is -4.85. The fourth-order valence-electron chi connectivity index (χ4n) is 3.93. The molecule has 0 bridgehead atoms. The summed E-state index contributed by atoms with van der Waals surface area (Å²) in [6.45, 7) is 12.3. The van der Waals surface area contributed by atoms with Gasteiger partial charge in [-0.3, -0.25) is 4.79 Å². The number of hydrogen-bond acceptors (Lipinski definition) is 8. The fourth-order valence-corrected chi connectivity index (χ4v) is 5.52. The van der Waals surface area contributed by atoms with Gasteiger partial charge in [0.15, 0.2) is 5.75 Å². The Morgan fingerprint density at radius 3 is 1.98 bits per heavy atom. The number of benzene rings is 1. The molecule has 0 radical (unpaired) electrons. The van der Waals surface area contributed by atoms with Crippen molar-refractivity contribution in [1.82, 2.24) is 9.97 Å². The smallest absolute Gasteiger partial charge is 0.441 e. The third-order valence-electron chi connectivity index (χ3n) is 5.88. The van der Waals surface area contributed by atoms with Gasteiger partial charge in [0.1, 0.15) is 16.8 Å². The molecule has 0 aliphatic rings. The number of alkyl halides is 3. The summed E-state index contributed by atoms with van der Waals surface area (Å²) in [5.41, 5.74) is -3.94. The number of hydrogen-bond donors (Lipinski definition) is 1. The SMILES string of the molecule is Cc1nc(F)ccc1Oc1ncc(C(F)(F)F)c(C)c1C(=O)Nc1cccc(S(C)(=NC(=O)OC(C)(C)C)=NC(=O)OC(C)(C)C)c1. The summed E-state index contributed by atoms with van der Waals surface area (Å²) < 4.78 is 79.5. The number of carbonyl (C=O) groups is 3. The van der Waals surface area contributed by atoms with Crippen LogP contribution < -0.4 is 10.1 Å². The highest BCUT2D eigenvalue weighted by molar-refractivity contribution is 7.95. The van der Waals surface area contributed by atoms with Crippen molar-refractivity contribution in [3.63, 3.8) is 0 Å². The van der Waals surface area contributed by atoms with Crippen molar-refractivity contribution in [2.45, 2.75) is 77.7 Å². The van der Waals surface area contributed by atoms with E-state index in [1.54, 1.807) is 41.5 Å². The number of anilines is 1. The molecule has 1 aromatic carbocycles. The molecule has 3 rings (SSSR count). The number of aryl methyl sites for hydroxylation is 1. The first-order valence-electron chi connectivity index (χ1n) is 14.0. The van der Waals surface area contributed by atoms with E-state index < -0.39 is 73.6 Å². The van der Waals surface area contributed by atoms with Crippen molar-refractivity contribution < 1.29 is 46.2 Å². The van der Waals surface area contributed by atoms with E-state index >= 15 is 0 Å². The van der Waals surface area contributed by atoms with Crippen LogP contribution in [0.5, 0.6) is 11.6 Å². The molecule has 0 saturated carbocycles. The van der Waals surface area contributed by atoms with Crippen molar-refractivity contribution in [3.8, 4) is 11.6 Å². The van der Waals surface area contributed by atoms with Gasteiger partial charge in [0.25, 0.3) is 5.91 Å². The Bertz CT molecular complexity index is 1800. The van der Waals surface area contributed by atoms with E-state index in [4.69, 9.17) is 14.2 Å². The van der Waals surface area contributed by atoms with E-state index in [1.807, 2.05) is 0 Å². The molecule has 0 aliphatic heterocycles. The molecule has 254 valence electrons. The van der Waals surface area contributed by atoms with Crippen LogP contribution in [0.25, 0.3) is 0 Å². The van der Waals surface area contributed by atoms with Gasteiger partial charge in [0.05, 0.1) is 11.3 Å². The summed E-state index contributed by atoms with van der Waals surface area (Å²) in [7, 11) is -3.05. The van der Waals surface area contributed by atoms with Crippen LogP contribution in [-0.2, 0) is 25.3 Å². The van der Waals surface area contributed by atoms with E-state index in [1.165, 1.54) is 43.5 Å². The van der Waals surface area contributed by atoms with Gasteiger partial charge in [0.2, 0.25) is 11.8 Å². The second-order valence-corrected chi connectivity index (χ2v) is 14.8. The highest BCUT2D eigenvalue weighted by Gasteiger charge is 2.36.